The predicted molar refractivity (Wildman–Crippen MR) is 94.1 cm³/mol. The summed E-state index contributed by atoms with van der Waals surface area (Å²) >= 11 is 6.62. The van der Waals surface area contributed by atoms with Gasteiger partial charge in [0.1, 0.15) is 10.7 Å². The number of sulfonamides is 1. The molecule has 0 bridgehead atoms. The Balaban J connectivity index is 2.07. The molecule has 0 unspecified atom stereocenters. The van der Waals surface area contributed by atoms with Crippen LogP contribution in [0.1, 0.15) is 5.56 Å². The zero-order valence-corrected chi connectivity index (χ0v) is 14.2. The summed E-state index contributed by atoms with van der Waals surface area (Å²) in [6, 6.07) is 9.95. The first-order chi connectivity index (χ1) is 10.9. The van der Waals surface area contributed by atoms with E-state index in [0.717, 1.165) is 4.88 Å². The van der Waals surface area contributed by atoms with Gasteiger partial charge in [-0.05, 0) is 35.7 Å². The number of thiocarbonyl (C=S) groups is 1. The third-order valence-corrected chi connectivity index (χ3v) is 5.19. The monoisotopic (exact) mass is 364 g/mol. The molecule has 6 nitrogen and oxygen atoms in total. The molecule has 0 aliphatic rings. The summed E-state index contributed by atoms with van der Waals surface area (Å²) in [5.74, 6) is 0. The first-order valence-electron chi connectivity index (χ1n) is 6.43. The highest BCUT2D eigenvalue weighted by Gasteiger charge is 2.15. The van der Waals surface area contributed by atoms with Crippen LogP contribution in [-0.4, -0.2) is 23.2 Å². The second kappa shape index (κ2) is 5.85. The smallest absolute Gasteiger partial charge is 0.238 e. The van der Waals surface area contributed by atoms with E-state index < -0.39 is 10.0 Å². The second-order valence-corrected chi connectivity index (χ2v) is 7.67. The lowest BCUT2D eigenvalue weighted by Crippen LogP contribution is -2.12. The molecule has 0 saturated carbocycles. The molecule has 1 aromatic carbocycles. The molecule has 0 aliphatic heterocycles. The first kappa shape index (κ1) is 15.8. The molecule has 3 aromatic rings. The molecule has 0 atom stereocenters. The van der Waals surface area contributed by atoms with Gasteiger partial charge in [-0.2, -0.15) is 5.10 Å². The fourth-order valence-electron chi connectivity index (χ4n) is 2.07. The van der Waals surface area contributed by atoms with Gasteiger partial charge in [0.2, 0.25) is 10.0 Å². The molecule has 118 valence electrons. The van der Waals surface area contributed by atoms with E-state index >= 15 is 0 Å². The number of benzene rings is 1. The maximum absolute atomic E-state index is 11.3. The minimum Gasteiger partial charge on any atom is -0.389 e. The van der Waals surface area contributed by atoms with Crippen molar-refractivity contribution in [2.45, 2.75) is 4.90 Å². The minimum absolute atomic E-state index is 0.0430. The van der Waals surface area contributed by atoms with Crippen LogP contribution in [0.3, 0.4) is 0 Å². The SMILES string of the molecule is NC(=S)c1cn(-c2ccc(S(N)(=O)=O)cc2)nc1-c1cccs1. The van der Waals surface area contributed by atoms with Crippen molar-refractivity contribution < 1.29 is 8.42 Å². The predicted octanol–water partition coefficient (Wildman–Crippen LogP) is 1.88. The maximum Gasteiger partial charge on any atom is 0.238 e. The second-order valence-electron chi connectivity index (χ2n) is 4.72. The zero-order valence-electron chi connectivity index (χ0n) is 11.7. The topological polar surface area (TPSA) is 104 Å². The molecule has 2 heterocycles. The van der Waals surface area contributed by atoms with Gasteiger partial charge in [0, 0.05) is 6.20 Å². The Kier molecular flexibility index (Phi) is 4.02. The van der Waals surface area contributed by atoms with E-state index in [9.17, 15) is 8.42 Å². The molecule has 0 fully saturated rings. The molecule has 0 radical (unpaired) electrons. The highest BCUT2D eigenvalue weighted by molar-refractivity contribution is 7.89. The van der Waals surface area contributed by atoms with Crippen LogP contribution >= 0.6 is 23.6 Å². The summed E-state index contributed by atoms with van der Waals surface area (Å²) in [6.45, 7) is 0. The summed E-state index contributed by atoms with van der Waals surface area (Å²) < 4.78 is 24.2. The van der Waals surface area contributed by atoms with Crippen LogP contribution < -0.4 is 10.9 Å². The van der Waals surface area contributed by atoms with E-state index in [2.05, 4.69) is 5.10 Å². The molecule has 3 rings (SSSR count). The lowest BCUT2D eigenvalue weighted by atomic mass is 10.2. The van der Waals surface area contributed by atoms with E-state index in [4.69, 9.17) is 23.1 Å². The largest absolute Gasteiger partial charge is 0.389 e. The molecule has 0 saturated heterocycles. The van der Waals surface area contributed by atoms with Crippen LogP contribution in [0.25, 0.3) is 16.3 Å². The van der Waals surface area contributed by atoms with Crippen molar-refractivity contribution >= 4 is 38.6 Å². The number of nitrogens with zero attached hydrogens (tertiary/aromatic N) is 2. The third kappa shape index (κ3) is 3.17. The average Bonchev–Trinajstić information content (AvgIpc) is 3.15. The summed E-state index contributed by atoms with van der Waals surface area (Å²) in [5, 5.41) is 11.6. The Morgan fingerprint density at radius 1 is 1.22 bits per heavy atom. The fraction of sp³-hybridized carbons (Fsp3) is 0. The summed E-state index contributed by atoms with van der Waals surface area (Å²) in [6.07, 6.45) is 1.73. The molecule has 0 spiro atoms. The minimum atomic E-state index is -3.72. The molecule has 0 aliphatic carbocycles. The molecule has 2 aromatic heterocycles. The van der Waals surface area contributed by atoms with Gasteiger partial charge in [-0.1, -0.05) is 18.3 Å². The fourth-order valence-corrected chi connectivity index (χ4v) is 3.46. The van der Waals surface area contributed by atoms with Gasteiger partial charge in [0.05, 0.1) is 21.0 Å². The number of nitrogens with two attached hydrogens (primary N) is 2. The maximum atomic E-state index is 11.3. The average molecular weight is 364 g/mol. The Hall–Kier alpha value is -2.07. The Morgan fingerprint density at radius 2 is 1.91 bits per heavy atom. The number of primary sulfonamides is 1. The lowest BCUT2D eigenvalue weighted by Gasteiger charge is -2.02. The quantitative estimate of drug-likeness (QED) is 0.688. The Morgan fingerprint density at radius 3 is 2.43 bits per heavy atom. The molecule has 23 heavy (non-hydrogen) atoms. The van der Waals surface area contributed by atoms with Crippen LogP contribution in [0.4, 0.5) is 0 Å². The summed E-state index contributed by atoms with van der Waals surface area (Å²) in [4.78, 5) is 1.25. The van der Waals surface area contributed by atoms with Crippen LogP contribution in [0.2, 0.25) is 0 Å². The first-order valence-corrected chi connectivity index (χ1v) is 9.26. The number of thiophene rings is 1. The van der Waals surface area contributed by atoms with Gasteiger partial charge in [0.15, 0.2) is 0 Å². The normalized spacial score (nSPS) is 11.5. The summed E-state index contributed by atoms with van der Waals surface area (Å²) in [5.41, 5.74) is 7.82. The number of aromatic nitrogens is 2. The number of rotatable bonds is 4. The van der Waals surface area contributed by atoms with Gasteiger partial charge >= 0.3 is 0 Å². The van der Waals surface area contributed by atoms with Crippen LogP contribution in [-0.2, 0) is 10.0 Å². The van der Waals surface area contributed by atoms with Crippen molar-refractivity contribution in [2.75, 3.05) is 0 Å². The number of hydrogen-bond acceptors (Lipinski definition) is 5. The van der Waals surface area contributed by atoms with Crippen LogP contribution in [0, 0.1) is 0 Å². The van der Waals surface area contributed by atoms with E-state index in [0.29, 0.717) is 16.9 Å². The van der Waals surface area contributed by atoms with Crippen molar-refractivity contribution in [3.05, 3.63) is 53.5 Å². The zero-order chi connectivity index (χ0) is 16.6. The van der Waals surface area contributed by atoms with Crippen molar-refractivity contribution in [1.82, 2.24) is 9.78 Å². The molecular weight excluding hydrogens is 352 g/mol. The molecule has 9 heteroatoms. The van der Waals surface area contributed by atoms with Crippen molar-refractivity contribution in [3.63, 3.8) is 0 Å². The van der Waals surface area contributed by atoms with Gasteiger partial charge in [-0.15, -0.1) is 11.3 Å². The summed E-state index contributed by atoms with van der Waals surface area (Å²) in [7, 11) is -3.72. The highest BCUT2D eigenvalue weighted by atomic mass is 32.2. The Bertz CT molecular complexity index is 958. The third-order valence-electron chi connectivity index (χ3n) is 3.16. The molecule has 4 N–H and O–H groups in total. The van der Waals surface area contributed by atoms with Crippen molar-refractivity contribution in [2.24, 2.45) is 10.9 Å². The van der Waals surface area contributed by atoms with Crippen LogP contribution in [0.5, 0.6) is 0 Å². The van der Waals surface area contributed by atoms with Crippen LogP contribution in [0.15, 0.2) is 52.9 Å². The van der Waals surface area contributed by atoms with Gasteiger partial charge < -0.3 is 5.73 Å². The lowest BCUT2D eigenvalue weighted by molar-refractivity contribution is 0.598. The van der Waals surface area contributed by atoms with Gasteiger partial charge in [-0.3, -0.25) is 0 Å². The van der Waals surface area contributed by atoms with Gasteiger partial charge in [-0.25, -0.2) is 18.2 Å². The molecular formula is C14H12N4O2S3. The highest BCUT2D eigenvalue weighted by Crippen LogP contribution is 2.27. The van der Waals surface area contributed by atoms with Crippen molar-refractivity contribution in [1.29, 1.82) is 0 Å². The standard InChI is InChI=1S/C14H12N4O2S3/c15-14(21)11-8-18(17-13(11)12-2-1-7-22-12)9-3-5-10(6-4-9)23(16,19)20/h1-8H,(H2,15,21)(H2,16,19,20). The van der Waals surface area contributed by atoms with E-state index in [1.54, 1.807) is 23.0 Å². The number of hydrogen-bond donors (Lipinski definition) is 2. The molecule has 0 amide bonds. The van der Waals surface area contributed by atoms with E-state index in [1.807, 2.05) is 17.5 Å². The van der Waals surface area contributed by atoms with Gasteiger partial charge in [0.25, 0.3) is 0 Å². The van der Waals surface area contributed by atoms with E-state index in [1.165, 1.54) is 23.5 Å². The van der Waals surface area contributed by atoms with Crippen molar-refractivity contribution in [3.8, 4) is 16.3 Å². The Labute approximate surface area is 142 Å². The van der Waals surface area contributed by atoms with E-state index in [-0.39, 0.29) is 9.88 Å².